The highest BCUT2D eigenvalue weighted by Crippen LogP contribution is 2.19. The van der Waals surface area contributed by atoms with Crippen molar-refractivity contribution in [1.29, 1.82) is 0 Å². The number of ether oxygens (including phenoxy) is 1. The molecule has 0 heterocycles. The Morgan fingerprint density at radius 1 is 0.857 bits per heavy atom. The molecule has 0 rings (SSSR count). The summed E-state index contributed by atoms with van der Waals surface area (Å²) in [7, 11) is 0. The third-order valence-corrected chi connectivity index (χ3v) is 4.27. The smallest absolute Gasteiger partial charge is 0.374 e. The average molecular weight is 403 g/mol. The van der Waals surface area contributed by atoms with Crippen LogP contribution in [0, 0.1) is 0 Å². The lowest BCUT2D eigenvalue weighted by Crippen LogP contribution is -2.47. The number of carboxylic acids is 1. The normalized spacial score (nSPS) is 13.0. The zero-order valence-electron chi connectivity index (χ0n) is 17.2. The Hall–Kier alpha value is -1.67. The Labute approximate surface area is 167 Å². The van der Waals surface area contributed by atoms with Crippen LogP contribution >= 0.6 is 0 Å². The van der Waals surface area contributed by atoms with Crippen LogP contribution in [0.4, 0.5) is 0 Å². The number of carbonyl (C=O) groups is 3. The first-order chi connectivity index (χ1) is 13.4. The first-order valence-corrected chi connectivity index (χ1v) is 10.3. The van der Waals surface area contributed by atoms with Gasteiger partial charge in [0.15, 0.2) is 5.60 Å². The molecule has 0 saturated carbocycles. The van der Waals surface area contributed by atoms with Gasteiger partial charge in [-0.05, 0) is 13.3 Å². The molecule has 1 N–H and O–H groups in total. The maximum absolute atomic E-state index is 11.8. The SMILES string of the molecule is CCCCCCCCCCCCOC(=O)CC(O)(CC(=O)[O-])C(=O)OOCC. The van der Waals surface area contributed by atoms with E-state index in [0.717, 1.165) is 19.3 Å². The first-order valence-electron chi connectivity index (χ1n) is 10.3. The molecular formula is C20H35O8-. The van der Waals surface area contributed by atoms with Gasteiger partial charge in [0, 0.05) is 12.4 Å². The van der Waals surface area contributed by atoms with Crippen LogP contribution in [0.3, 0.4) is 0 Å². The standard InChI is InChI=1S/C20H36O8/c1-3-5-6-7-8-9-10-11-12-13-14-26-18(23)16-20(25,15-17(21)22)19(24)28-27-4-2/h25H,3-16H2,1-2H3,(H,21,22)/p-1. The van der Waals surface area contributed by atoms with Gasteiger partial charge in [-0.2, -0.15) is 4.89 Å². The Bertz CT molecular complexity index is 451. The van der Waals surface area contributed by atoms with Gasteiger partial charge in [-0.15, -0.1) is 0 Å². The molecule has 1 unspecified atom stereocenters. The van der Waals surface area contributed by atoms with E-state index in [1.807, 2.05) is 0 Å². The summed E-state index contributed by atoms with van der Waals surface area (Å²) in [5, 5.41) is 20.9. The van der Waals surface area contributed by atoms with Gasteiger partial charge in [-0.25, -0.2) is 4.79 Å². The van der Waals surface area contributed by atoms with Gasteiger partial charge in [0.05, 0.1) is 19.6 Å². The molecule has 1 atom stereocenters. The van der Waals surface area contributed by atoms with Gasteiger partial charge >= 0.3 is 11.9 Å². The minimum Gasteiger partial charge on any atom is -0.550 e. The number of hydrogen-bond acceptors (Lipinski definition) is 8. The van der Waals surface area contributed by atoms with Crippen LogP contribution in [0.25, 0.3) is 0 Å². The van der Waals surface area contributed by atoms with Gasteiger partial charge in [0.2, 0.25) is 0 Å². The predicted octanol–water partition coefficient (Wildman–Crippen LogP) is 2.21. The number of carboxylic acid groups (broad SMARTS) is 1. The van der Waals surface area contributed by atoms with E-state index in [0.29, 0.717) is 6.42 Å². The van der Waals surface area contributed by atoms with E-state index in [1.165, 1.54) is 45.4 Å². The maximum atomic E-state index is 11.8. The molecule has 8 nitrogen and oxygen atoms in total. The summed E-state index contributed by atoms with van der Waals surface area (Å²) in [5.74, 6) is -3.94. The van der Waals surface area contributed by atoms with Gasteiger partial charge in [-0.3, -0.25) is 9.68 Å². The molecule has 0 aromatic heterocycles. The molecule has 28 heavy (non-hydrogen) atoms. The molecule has 0 saturated heterocycles. The topological polar surface area (TPSA) is 122 Å². The molecule has 0 aromatic rings. The molecule has 0 radical (unpaired) electrons. The number of aliphatic carboxylic acids is 1. The molecule has 0 aliphatic rings. The van der Waals surface area contributed by atoms with E-state index in [2.05, 4.69) is 16.7 Å². The van der Waals surface area contributed by atoms with Crippen molar-refractivity contribution in [2.45, 2.75) is 96.5 Å². The highest BCUT2D eigenvalue weighted by Gasteiger charge is 2.41. The van der Waals surface area contributed by atoms with Crippen molar-refractivity contribution >= 4 is 17.9 Å². The highest BCUT2D eigenvalue weighted by atomic mass is 17.2. The predicted molar refractivity (Wildman–Crippen MR) is 99.7 cm³/mol. The van der Waals surface area contributed by atoms with Crippen molar-refractivity contribution in [2.24, 2.45) is 0 Å². The fourth-order valence-corrected chi connectivity index (χ4v) is 2.70. The number of esters is 1. The molecule has 0 aliphatic carbocycles. The lowest BCUT2D eigenvalue weighted by Gasteiger charge is -2.24. The molecule has 0 spiro atoms. The van der Waals surface area contributed by atoms with Crippen LogP contribution in [0.5, 0.6) is 0 Å². The summed E-state index contributed by atoms with van der Waals surface area (Å²) in [6, 6.07) is 0. The molecule has 8 heteroatoms. The number of hydrogen-bond donors (Lipinski definition) is 1. The summed E-state index contributed by atoms with van der Waals surface area (Å²) < 4.78 is 4.99. The van der Waals surface area contributed by atoms with Gasteiger partial charge < -0.3 is 19.7 Å². The quantitative estimate of drug-likeness (QED) is 0.160. The average Bonchev–Trinajstić information content (AvgIpc) is 2.63. The van der Waals surface area contributed by atoms with Crippen molar-refractivity contribution in [2.75, 3.05) is 13.2 Å². The molecular weight excluding hydrogens is 368 g/mol. The van der Waals surface area contributed by atoms with Crippen LogP contribution in [-0.2, 0) is 28.9 Å². The first kappa shape index (κ1) is 26.3. The van der Waals surface area contributed by atoms with Crippen molar-refractivity contribution in [3.05, 3.63) is 0 Å². The lowest BCUT2D eigenvalue weighted by molar-refractivity contribution is -0.313. The fourth-order valence-electron chi connectivity index (χ4n) is 2.70. The lowest BCUT2D eigenvalue weighted by atomic mass is 9.96. The van der Waals surface area contributed by atoms with E-state index >= 15 is 0 Å². The summed E-state index contributed by atoms with van der Waals surface area (Å²) >= 11 is 0. The van der Waals surface area contributed by atoms with Crippen LogP contribution in [-0.4, -0.2) is 41.8 Å². The minimum atomic E-state index is -2.58. The van der Waals surface area contributed by atoms with Crippen molar-refractivity contribution in [3.8, 4) is 0 Å². The van der Waals surface area contributed by atoms with Gasteiger partial charge in [0.1, 0.15) is 0 Å². The summed E-state index contributed by atoms with van der Waals surface area (Å²) in [5.41, 5.74) is -2.58. The third-order valence-electron chi connectivity index (χ3n) is 4.27. The van der Waals surface area contributed by atoms with Crippen molar-refractivity contribution in [3.63, 3.8) is 0 Å². The Kier molecular flexibility index (Phi) is 15.3. The van der Waals surface area contributed by atoms with Crippen LogP contribution < -0.4 is 5.11 Å². The second-order valence-electron chi connectivity index (χ2n) is 6.94. The number of rotatable bonds is 18. The van der Waals surface area contributed by atoms with Crippen molar-refractivity contribution < 1.29 is 39.1 Å². The maximum Gasteiger partial charge on any atom is 0.374 e. The molecule has 0 aromatic carbocycles. The van der Waals surface area contributed by atoms with Gasteiger partial charge in [0.25, 0.3) is 0 Å². The summed E-state index contributed by atoms with van der Waals surface area (Å²) in [6.07, 6.45) is 9.45. The van der Waals surface area contributed by atoms with Crippen LogP contribution in [0.1, 0.15) is 90.9 Å². The summed E-state index contributed by atoms with van der Waals surface area (Å²) in [4.78, 5) is 43.0. The molecule has 0 fully saturated rings. The largest absolute Gasteiger partial charge is 0.550 e. The number of aliphatic hydroxyl groups is 1. The van der Waals surface area contributed by atoms with E-state index in [9.17, 15) is 24.6 Å². The molecule has 164 valence electrons. The second-order valence-corrected chi connectivity index (χ2v) is 6.94. The monoisotopic (exact) mass is 403 g/mol. The highest BCUT2D eigenvalue weighted by molar-refractivity contribution is 5.89. The number of carbonyl (C=O) groups excluding carboxylic acids is 3. The third kappa shape index (κ3) is 13.5. The second kappa shape index (κ2) is 16.3. The number of unbranched alkanes of at least 4 members (excludes halogenated alkanes) is 9. The fraction of sp³-hybridized carbons (Fsp3) is 0.850. The van der Waals surface area contributed by atoms with E-state index in [-0.39, 0.29) is 13.2 Å². The zero-order chi connectivity index (χ0) is 21.3. The van der Waals surface area contributed by atoms with Gasteiger partial charge in [-0.1, -0.05) is 64.7 Å². The molecule has 0 bridgehead atoms. The van der Waals surface area contributed by atoms with Crippen LogP contribution in [0.15, 0.2) is 0 Å². The molecule has 0 amide bonds. The summed E-state index contributed by atoms with van der Waals surface area (Å²) in [6.45, 7) is 3.89. The minimum absolute atomic E-state index is 0.0102. The van der Waals surface area contributed by atoms with Crippen LogP contribution in [0.2, 0.25) is 0 Å². The van der Waals surface area contributed by atoms with Crippen molar-refractivity contribution in [1.82, 2.24) is 0 Å². The Balaban J connectivity index is 3.99. The Morgan fingerprint density at radius 2 is 1.39 bits per heavy atom. The van der Waals surface area contributed by atoms with E-state index in [1.54, 1.807) is 0 Å². The van der Waals surface area contributed by atoms with E-state index < -0.39 is 36.4 Å². The van der Waals surface area contributed by atoms with E-state index in [4.69, 9.17) is 4.74 Å². The zero-order valence-corrected chi connectivity index (χ0v) is 17.2. The molecule has 0 aliphatic heterocycles. The Morgan fingerprint density at radius 3 is 1.89 bits per heavy atom.